The lowest BCUT2D eigenvalue weighted by Crippen LogP contribution is -2.22. The standard InChI is InChI=1S/C15H25NO3S2/c1-3-4-11-19-12-9-16-10-13-20-14-5-7-15(8-6-14)21(2,17)18/h5-8,16H,3-4,9-13H2,1-2H3. The summed E-state index contributed by atoms with van der Waals surface area (Å²) in [6, 6.07) is 7.03. The largest absolute Gasteiger partial charge is 0.380 e. The summed E-state index contributed by atoms with van der Waals surface area (Å²) in [7, 11) is -3.10. The minimum Gasteiger partial charge on any atom is -0.380 e. The van der Waals surface area contributed by atoms with Crippen molar-refractivity contribution < 1.29 is 13.2 Å². The third-order valence-corrected chi connectivity index (χ3v) is 5.01. The van der Waals surface area contributed by atoms with Crippen molar-refractivity contribution in [1.82, 2.24) is 5.32 Å². The molecule has 0 radical (unpaired) electrons. The molecule has 0 aromatic heterocycles. The van der Waals surface area contributed by atoms with E-state index in [4.69, 9.17) is 4.74 Å². The maximum atomic E-state index is 11.3. The van der Waals surface area contributed by atoms with Crippen LogP contribution in [0.3, 0.4) is 0 Å². The molecule has 0 aliphatic carbocycles. The topological polar surface area (TPSA) is 55.4 Å². The maximum absolute atomic E-state index is 11.3. The van der Waals surface area contributed by atoms with Crippen LogP contribution in [-0.4, -0.2) is 46.7 Å². The van der Waals surface area contributed by atoms with Crippen molar-refractivity contribution in [3.8, 4) is 0 Å². The van der Waals surface area contributed by atoms with Gasteiger partial charge in [0.15, 0.2) is 9.84 Å². The number of nitrogens with one attached hydrogen (secondary N) is 1. The summed E-state index contributed by atoms with van der Waals surface area (Å²) in [5, 5.41) is 3.33. The van der Waals surface area contributed by atoms with Crippen LogP contribution in [0.15, 0.2) is 34.1 Å². The average molecular weight is 332 g/mol. The van der Waals surface area contributed by atoms with Crippen molar-refractivity contribution in [3.63, 3.8) is 0 Å². The van der Waals surface area contributed by atoms with Gasteiger partial charge in [0.1, 0.15) is 0 Å². The van der Waals surface area contributed by atoms with Gasteiger partial charge in [0, 0.05) is 36.6 Å². The summed E-state index contributed by atoms with van der Waals surface area (Å²) in [5.74, 6) is 0.952. The van der Waals surface area contributed by atoms with Crippen molar-refractivity contribution in [2.75, 3.05) is 38.3 Å². The van der Waals surface area contributed by atoms with Crippen molar-refractivity contribution in [3.05, 3.63) is 24.3 Å². The summed E-state index contributed by atoms with van der Waals surface area (Å²) >= 11 is 1.71. The van der Waals surface area contributed by atoms with E-state index >= 15 is 0 Å². The van der Waals surface area contributed by atoms with E-state index in [1.54, 1.807) is 23.9 Å². The minimum absolute atomic E-state index is 0.370. The zero-order valence-electron chi connectivity index (χ0n) is 12.8. The van der Waals surface area contributed by atoms with Gasteiger partial charge >= 0.3 is 0 Å². The third kappa shape index (κ3) is 8.46. The molecule has 0 aliphatic rings. The molecule has 1 aromatic carbocycles. The zero-order valence-corrected chi connectivity index (χ0v) is 14.4. The molecule has 0 heterocycles. The lowest BCUT2D eigenvalue weighted by Gasteiger charge is -2.06. The molecule has 0 fully saturated rings. The molecule has 6 heteroatoms. The quantitative estimate of drug-likeness (QED) is 0.499. The molecular formula is C15H25NO3S2. The first-order valence-corrected chi connectivity index (χ1v) is 10.1. The van der Waals surface area contributed by atoms with Crippen molar-refractivity contribution in [2.24, 2.45) is 0 Å². The molecule has 1 rings (SSSR count). The first-order chi connectivity index (χ1) is 10.0. The Bertz CT molecular complexity index is 486. The van der Waals surface area contributed by atoms with Crippen LogP contribution in [-0.2, 0) is 14.6 Å². The number of rotatable bonds is 11. The van der Waals surface area contributed by atoms with E-state index in [9.17, 15) is 8.42 Å². The summed E-state index contributed by atoms with van der Waals surface area (Å²) in [4.78, 5) is 1.46. The van der Waals surface area contributed by atoms with E-state index in [1.807, 2.05) is 12.1 Å². The first-order valence-electron chi connectivity index (χ1n) is 7.25. The normalized spacial score (nSPS) is 11.7. The number of sulfone groups is 1. The summed E-state index contributed by atoms with van der Waals surface area (Å²) in [5.41, 5.74) is 0. The van der Waals surface area contributed by atoms with Gasteiger partial charge in [-0.05, 0) is 30.7 Å². The van der Waals surface area contributed by atoms with Crippen molar-refractivity contribution >= 4 is 21.6 Å². The highest BCUT2D eigenvalue weighted by Crippen LogP contribution is 2.19. The molecule has 1 aromatic rings. The van der Waals surface area contributed by atoms with E-state index in [1.165, 1.54) is 12.7 Å². The average Bonchev–Trinajstić information content (AvgIpc) is 2.45. The first kappa shape index (κ1) is 18.5. The fraction of sp³-hybridized carbons (Fsp3) is 0.600. The fourth-order valence-corrected chi connectivity index (χ4v) is 3.08. The van der Waals surface area contributed by atoms with Crippen molar-refractivity contribution in [1.29, 1.82) is 0 Å². The summed E-state index contributed by atoms with van der Waals surface area (Å²) in [6.07, 6.45) is 3.52. The molecule has 0 spiro atoms. The number of hydrogen-bond acceptors (Lipinski definition) is 5. The molecule has 0 saturated carbocycles. The Balaban J connectivity index is 2.10. The number of hydrogen-bond donors (Lipinski definition) is 1. The molecule has 1 N–H and O–H groups in total. The molecule has 0 aliphatic heterocycles. The van der Waals surface area contributed by atoms with Gasteiger partial charge in [0.2, 0.25) is 0 Å². The van der Waals surface area contributed by atoms with Gasteiger partial charge in [0.25, 0.3) is 0 Å². The summed E-state index contributed by atoms with van der Waals surface area (Å²) < 4.78 is 28.1. The Hall–Kier alpha value is -0.560. The second-order valence-electron chi connectivity index (χ2n) is 4.81. The van der Waals surface area contributed by atoms with Gasteiger partial charge in [-0.1, -0.05) is 13.3 Å². The van der Waals surface area contributed by atoms with Gasteiger partial charge in [-0.15, -0.1) is 11.8 Å². The fourth-order valence-electron chi connectivity index (χ4n) is 1.64. The second-order valence-corrected chi connectivity index (χ2v) is 7.99. The molecule has 21 heavy (non-hydrogen) atoms. The summed E-state index contributed by atoms with van der Waals surface area (Å²) in [6.45, 7) is 5.54. The molecule has 4 nitrogen and oxygen atoms in total. The Kier molecular flexibility index (Phi) is 8.99. The van der Waals surface area contributed by atoms with Crippen LogP contribution in [0.2, 0.25) is 0 Å². The number of benzene rings is 1. The Morgan fingerprint density at radius 2 is 1.86 bits per heavy atom. The van der Waals surface area contributed by atoms with Crippen LogP contribution in [0.5, 0.6) is 0 Å². The van der Waals surface area contributed by atoms with Crippen LogP contribution in [0.1, 0.15) is 19.8 Å². The van der Waals surface area contributed by atoms with E-state index in [-0.39, 0.29) is 0 Å². The highest BCUT2D eigenvalue weighted by Gasteiger charge is 2.05. The molecule has 0 bridgehead atoms. The molecule has 120 valence electrons. The zero-order chi connectivity index (χ0) is 15.6. The van der Waals surface area contributed by atoms with E-state index in [0.29, 0.717) is 4.90 Å². The van der Waals surface area contributed by atoms with Crippen molar-refractivity contribution in [2.45, 2.75) is 29.6 Å². The smallest absolute Gasteiger partial charge is 0.175 e. The third-order valence-electron chi connectivity index (χ3n) is 2.86. The molecule has 0 amide bonds. The molecule has 0 unspecified atom stereocenters. The molecule has 0 saturated heterocycles. The molecule has 0 atom stereocenters. The lowest BCUT2D eigenvalue weighted by molar-refractivity contribution is 0.133. The van der Waals surface area contributed by atoms with Gasteiger partial charge in [-0.25, -0.2) is 8.42 Å². The lowest BCUT2D eigenvalue weighted by atomic mass is 10.4. The van der Waals surface area contributed by atoms with Crippen LogP contribution >= 0.6 is 11.8 Å². The van der Waals surface area contributed by atoms with Gasteiger partial charge < -0.3 is 10.1 Å². The van der Waals surface area contributed by atoms with E-state index in [2.05, 4.69) is 12.2 Å². The molecular weight excluding hydrogens is 306 g/mol. The minimum atomic E-state index is -3.10. The van der Waals surface area contributed by atoms with E-state index < -0.39 is 9.84 Å². The Morgan fingerprint density at radius 1 is 1.14 bits per heavy atom. The number of unbranched alkanes of at least 4 members (excludes halogenated alkanes) is 1. The van der Waals surface area contributed by atoms with Gasteiger partial charge in [-0.3, -0.25) is 0 Å². The number of ether oxygens (including phenoxy) is 1. The van der Waals surface area contributed by atoms with Crippen LogP contribution in [0.25, 0.3) is 0 Å². The van der Waals surface area contributed by atoms with Crippen LogP contribution < -0.4 is 5.32 Å². The predicted octanol–water partition coefficient (Wildman–Crippen LogP) is 2.59. The Morgan fingerprint density at radius 3 is 2.48 bits per heavy atom. The predicted molar refractivity (Wildman–Crippen MR) is 88.9 cm³/mol. The van der Waals surface area contributed by atoms with Gasteiger partial charge in [0.05, 0.1) is 11.5 Å². The Labute approximate surface area is 132 Å². The van der Waals surface area contributed by atoms with Crippen LogP contribution in [0.4, 0.5) is 0 Å². The number of thioether (sulfide) groups is 1. The van der Waals surface area contributed by atoms with Crippen LogP contribution in [0, 0.1) is 0 Å². The second kappa shape index (κ2) is 10.2. The SMILES string of the molecule is CCCCOCCNCCSc1ccc(S(C)(=O)=O)cc1. The monoisotopic (exact) mass is 331 g/mol. The highest BCUT2D eigenvalue weighted by molar-refractivity contribution is 7.99. The van der Waals surface area contributed by atoms with E-state index in [0.717, 1.165) is 43.4 Å². The maximum Gasteiger partial charge on any atom is 0.175 e. The van der Waals surface area contributed by atoms with Gasteiger partial charge in [-0.2, -0.15) is 0 Å². The highest BCUT2D eigenvalue weighted by atomic mass is 32.2.